The summed E-state index contributed by atoms with van der Waals surface area (Å²) in [5, 5.41) is 5.25. The zero-order valence-electron chi connectivity index (χ0n) is 12.0. The highest BCUT2D eigenvalue weighted by atomic mass is 32.1. The van der Waals surface area contributed by atoms with Crippen molar-refractivity contribution in [2.24, 2.45) is 0 Å². The molecule has 3 rings (SSSR count). The molecule has 3 aromatic rings. The minimum atomic E-state index is -0.226. The van der Waals surface area contributed by atoms with Crippen LogP contribution in [0.5, 0.6) is 0 Å². The number of benzene rings is 1. The summed E-state index contributed by atoms with van der Waals surface area (Å²) in [5.41, 5.74) is 3.04. The van der Waals surface area contributed by atoms with E-state index >= 15 is 0 Å². The quantitative estimate of drug-likeness (QED) is 0.802. The van der Waals surface area contributed by atoms with Crippen molar-refractivity contribution < 1.29 is 4.79 Å². The van der Waals surface area contributed by atoms with Crippen molar-refractivity contribution in [2.45, 2.75) is 13.3 Å². The Kier molecular flexibility index (Phi) is 4.20. The number of aryl methyl sites for hydroxylation is 1. The van der Waals surface area contributed by atoms with Crippen LogP contribution in [-0.2, 0) is 6.42 Å². The Balaban J connectivity index is 1.74. The molecule has 1 amide bonds. The molecule has 1 aromatic carbocycles. The number of amides is 1. The third kappa shape index (κ3) is 3.17. The molecule has 0 spiro atoms. The van der Waals surface area contributed by atoms with Gasteiger partial charge in [-0.1, -0.05) is 19.1 Å². The molecule has 0 aliphatic carbocycles. The first-order chi connectivity index (χ1) is 10.8. The van der Waals surface area contributed by atoms with Crippen LogP contribution in [-0.4, -0.2) is 20.9 Å². The maximum Gasteiger partial charge on any atom is 0.275 e. The summed E-state index contributed by atoms with van der Waals surface area (Å²) < 4.78 is 0. The molecule has 110 valence electrons. The minimum absolute atomic E-state index is 0.226. The van der Waals surface area contributed by atoms with Crippen molar-refractivity contribution in [3.63, 3.8) is 0 Å². The highest BCUT2D eigenvalue weighted by Crippen LogP contribution is 2.21. The van der Waals surface area contributed by atoms with Gasteiger partial charge in [0.2, 0.25) is 0 Å². The molecule has 0 radical (unpaired) electrons. The SMILES string of the molecule is CCc1ccc(NC(=O)c2csc(-c3cnccn3)n2)cc1. The Morgan fingerprint density at radius 3 is 2.73 bits per heavy atom. The van der Waals surface area contributed by atoms with Gasteiger partial charge in [-0.15, -0.1) is 11.3 Å². The summed E-state index contributed by atoms with van der Waals surface area (Å²) in [4.78, 5) is 24.7. The number of nitrogens with one attached hydrogen (secondary N) is 1. The molecular weight excluding hydrogens is 296 g/mol. The second-order valence-corrected chi connectivity index (χ2v) is 5.49. The topological polar surface area (TPSA) is 67.8 Å². The normalized spacial score (nSPS) is 10.4. The van der Waals surface area contributed by atoms with E-state index in [-0.39, 0.29) is 5.91 Å². The maximum absolute atomic E-state index is 12.2. The van der Waals surface area contributed by atoms with Crippen LogP contribution in [0.3, 0.4) is 0 Å². The molecule has 0 saturated heterocycles. The van der Waals surface area contributed by atoms with Crippen molar-refractivity contribution in [3.05, 3.63) is 59.5 Å². The van der Waals surface area contributed by atoms with Gasteiger partial charge in [-0.05, 0) is 24.1 Å². The molecule has 0 atom stereocenters. The number of rotatable bonds is 4. The van der Waals surface area contributed by atoms with Crippen LogP contribution in [0.25, 0.3) is 10.7 Å². The van der Waals surface area contributed by atoms with Gasteiger partial charge in [0, 0.05) is 23.5 Å². The van der Waals surface area contributed by atoms with Gasteiger partial charge < -0.3 is 5.32 Å². The van der Waals surface area contributed by atoms with Crippen molar-refractivity contribution in [2.75, 3.05) is 5.32 Å². The van der Waals surface area contributed by atoms with Gasteiger partial charge in [-0.3, -0.25) is 14.8 Å². The highest BCUT2D eigenvalue weighted by Gasteiger charge is 2.12. The van der Waals surface area contributed by atoms with E-state index in [0.717, 1.165) is 12.1 Å². The summed E-state index contributed by atoms with van der Waals surface area (Å²) in [6.07, 6.45) is 5.81. The standard InChI is InChI=1S/C16H14N4OS/c1-2-11-3-5-12(6-4-11)19-15(21)14-10-22-16(20-14)13-9-17-7-8-18-13/h3-10H,2H2,1H3,(H,19,21). The number of anilines is 1. The molecule has 6 heteroatoms. The average Bonchev–Trinajstić information content (AvgIpc) is 3.06. The lowest BCUT2D eigenvalue weighted by molar-refractivity contribution is 0.102. The Labute approximate surface area is 132 Å². The van der Waals surface area contributed by atoms with Crippen molar-refractivity contribution in [1.82, 2.24) is 15.0 Å². The summed E-state index contributed by atoms with van der Waals surface area (Å²) in [6.45, 7) is 2.09. The molecule has 22 heavy (non-hydrogen) atoms. The molecule has 1 N–H and O–H groups in total. The molecule has 0 saturated carbocycles. The third-order valence-electron chi connectivity index (χ3n) is 3.14. The lowest BCUT2D eigenvalue weighted by Gasteiger charge is -2.04. The van der Waals surface area contributed by atoms with Crippen LogP contribution in [0.2, 0.25) is 0 Å². The van der Waals surface area contributed by atoms with E-state index in [2.05, 4.69) is 27.2 Å². The highest BCUT2D eigenvalue weighted by molar-refractivity contribution is 7.13. The number of carbonyl (C=O) groups is 1. The Bertz CT molecular complexity index is 768. The van der Waals surface area contributed by atoms with E-state index in [0.29, 0.717) is 16.4 Å². The van der Waals surface area contributed by atoms with E-state index < -0.39 is 0 Å². The van der Waals surface area contributed by atoms with Crippen molar-refractivity contribution in [1.29, 1.82) is 0 Å². The predicted octanol–water partition coefficient (Wildman–Crippen LogP) is 3.41. The fourth-order valence-electron chi connectivity index (χ4n) is 1.92. The van der Waals surface area contributed by atoms with Gasteiger partial charge >= 0.3 is 0 Å². The van der Waals surface area contributed by atoms with Gasteiger partial charge in [0.25, 0.3) is 5.91 Å². The molecular formula is C16H14N4OS. The van der Waals surface area contributed by atoms with E-state index in [9.17, 15) is 4.79 Å². The van der Waals surface area contributed by atoms with Crippen LogP contribution in [0, 0.1) is 0 Å². The Morgan fingerprint density at radius 2 is 2.05 bits per heavy atom. The van der Waals surface area contributed by atoms with E-state index in [1.54, 1.807) is 24.0 Å². The number of thiazole rings is 1. The maximum atomic E-state index is 12.2. The number of carbonyl (C=O) groups excluding carboxylic acids is 1. The summed E-state index contributed by atoms with van der Waals surface area (Å²) in [7, 11) is 0. The van der Waals surface area contributed by atoms with E-state index in [1.165, 1.54) is 16.9 Å². The Morgan fingerprint density at radius 1 is 1.23 bits per heavy atom. The Hall–Kier alpha value is -2.60. The van der Waals surface area contributed by atoms with Gasteiger partial charge in [-0.25, -0.2) is 4.98 Å². The van der Waals surface area contributed by atoms with Gasteiger partial charge in [-0.2, -0.15) is 0 Å². The number of hydrogen-bond acceptors (Lipinski definition) is 5. The van der Waals surface area contributed by atoms with Gasteiger partial charge in [0.15, 0.2) is 0 Å². The monoisotopic (exact) mass is 310 g/mol. The van der Waals surface area contributed by atoms with Crippen LogP contribution in [0.4, 0.5) is 5.69 Å². The summed E-state index contributed by atoms with van der Waals surface area (Å²) >= 11 is 1.37. The summed E-state index contributed by atoms with van der Waals surface area (Å²) in [6, 6.07) is 7.79. The second-order valence-electron chi connectivity index (χ2n) is 4.63. The molecule has 0 bridgehead atoms. The first-order valence-corrected chi connectivity index (χ1v) is 7.76. The third-order valence-corrected chi connectivity index (χ3v) is 4.00. The molecule has 5 nitrogen and oxygen atoms in total. The summed E-state index contributed by atoms with van der Waals surface area (Å²) in [5.74, 6) is -0.226. The predicted molar refractivity (Wildman–Crippen MR) is 86.9 cm³/mol. The molecule has 2 aromatic heterocycles. The van der Waals surface area contributed by atoms with Gasteiger partial charge in [0.1, 0.15) is 16.4 Å². The minimum Gasteiger partial charge on any atom is -0.321 e. The second kappa shape index (κ2) is 6.44. The average molecular weight is 310 g/mol. The zero-order chi connectivity index (χ0) is 15.4. The van der Waals surface area contributed by atoms with Crippen LogP contribution in [0.1, 0.15) is 23.0 Å². The zero-order valence-corrected chi connectivity index (χ0v) is 12.8. The molecule has 2 heterocycles. The fourth-order valence-corrected chi connectivity index (χ4v) is 2.68. The first-order valence-electron chi connectivity index (χ1n) is 6.88. The van der Waals surface area contributed by atoms with E-state index in [4.69, 9.17) is 0 Å². The van der Waals surface area contributed by atoms with Crippen LogP contribution >= 0.6 is 11.3 Å². The fraction of sp³-hybridized carbons (Fsp3) is 0.125. The first kappa shape index (κ1) is 14.3. The van der Waals surface area contributed by atoms with Crippen LogP contribution < -0.4 is 5.32 Å². The van der Waals surface area contributed by atoms with Crippen molar-refractivity contribution >= 4 is 22.9 Å². The number of nitrogens with zero attached hydrogens (tertiary/aromatic N) is 3. The van der Waals surface area contributed by atoms with Gasteiger partial charge in [0.05, 0.1) is 6.20 Å². The van der Waals surface area contributed by atoms with Crippen molar-refractivity contribution in [3.8, 4) is 10.7 Å². The van der Waals surface area contributed by atoms with E-state index in [1.807, 2.05) is 24.3 Å². The molecule has 0 aliphatic rings. The molecule has 0 aliphatic heterocycles. The lowest BCUT2D eigenvalue weighted by atomic mass is 10.1. The molecule has 0 unspecified atom stereocenters. The lowest BCUT2D eigenvalue weighted by Crippen LogP contribution is -2.12. The van der Waals surface area contributed by atoms with Crippen LogP contribution in [0.15, 0.2) is 48.2 Å². The number of aromatic nitrogens is 3. The smallest absolute Gasteiger partial charge is 0.275 e. The number of hydrogen-bond donors (Lipinski definition) is 1. The largest absolute Gasteiger partial charge is 0.321 e. The molecule has 0 fully saturated rings.